The van der Waals surface area contributed by atoms with Crippen molar-refractivity contribution < 1.29 is 18.7 Å². The van der Waals surface area contributed by atoms with Crippen LogP contribution in [0.4, 0.5) is 8.78 Å². The molecule has 0 unspecified atom stereocenters. The van der Waals surface area contributed by atoms with Gasteiger partial charge in [0.25, 0.3) is 0 Å². The van der Waals surface area contributed by atoms with Crippen molar-refractivity contribution in [1.29, 1.82) is 10.5 Å². The molecule has 24 heavy (non-hydrogen) atoms. The molecule has 120 valence electrons. The lowest BCUT2D eigenvalue weighted by atomic mass is 10.1. The maximum Gasteiger partial charge on any atom is 0.346 e. The molecule has 2 rings (SSSR count). The summed E-state index contributed by atoms with van der Waals surface area (Å²) in [7, 11) is 0. The van der Waals surface area contributed by atoms with Crippen molar-refractivity contribution in [3.05, 3.63) is 47.2 Å². The molecule has 0 saturated carbocycles. The van der Waals surface area contributed by atoms with Gasteiger partial charge < -0.3 is 5.11 Å². The molecular weight excluding hydrogens is 318 g/mol. The summed E-state index contributed by atoms with van der Waals surface area (Å²) in [6.07, 6.45) is 2.69. The average molecular weight is 328 g/mol. The highest BCUT2D eigenvalue weighted by Gasteiger charge is 2.15. The van der Waals surface area contributed by atoms with Gasteiger partial charge in [-0.25, -0.2) is 13.6 Å². The molecule has 8 heteroatoms. The zero-order valence-electron chi connectivity index (χ0n) is 12.2. The Balaban J connectivity index is 2.58. The first kappa shape index (κ1) is 16.8. The Hall–Kier alpha value is -3.52. The fraction of sp³-hybridized carbons (Fsp3) is 0.125. The smallest absolute Gasteiger partial charge is 0.346 e. The van der Waals surface area contributed by atoms with Crippen molar-refractivity contribution in [2.24, 2.45) is 0 Å². The van der Waals surface area contributed by atoms with Crippen molar-refractivity contribution in [1.82, 2.24) is 9.78 Å². The second-order valence-corrected chi connectivity index (χ2v) is 4.71. The van der Waals surface area contributed by atoms with Gasteiger partial charge in [0, 0.05) is 17.3 Å². The van der Waals surface area contributed by atoms with Crippen LogP contribution < -0.4 is 0 Å². The van der Waals surface area contributed by atoms with Crippen LogP contribution in [0.3, 0.4) is 0 Å². The first-order valence-corrected chi connectivity index (χ1v) is 6.71. The summed E-state index contributed by atoms with van der Waals surface area (Å²) in [5.41, 5.74) is 0.121. The summed E-state index contributed by atoms with van der Waals surface area (Å²) in [5, 5.41) is 30.6. The van der Waals surface area contributed by atoms with Crippen LogP contribution >= 0.6 is 0 Å². The molecular formula is C16H10F2N4O2. The Morgan fingerprint density at radius 3 is 2.67 bits per heavy atom. The summed E-state index contributed by atoms with van der Waals surface area (Å²) in [5.74, 6) is -3.52. The van der Waals surface area contributed by atoms with Crippen LogP contribution in [0.2, 0.25) is 0 Å². The number of aryl methyl sites for hydroxylation is 1. The zero-order valence-corrected chi connectivity index (χ0v) is 12.2. The Morgan fingerprint density at radius 1 is 1.33 bits per heavy atom. The van der Waals surface area contributed by atoms with Gasteiger partial charge in [0.05, 0.1) is 24.7 Å². The normalized spacial score (nSPS) is 10.9. The first-order chi connectivity index (χ1) is 11.5. The number of aromatic nitrogens is 2. The van der Waals surface area contributed by atoms with Gasteiger partial charge in [-0.1, -0.05) is 0 Å². The van der Waals surface area contributed by atoms with Crippen molar-refractivity contribution in [3.8, 4) is 23.4 Å². The SMILES string of the molecule is N#CCCn1cc(C=C(C#N)C(=O)O)c(-c2ccc(F)c(F)c2)n1. The second kappa shape index (κ2) is 7.16. The maximum atomic E-state index is 13.4. The van der Waals surface area contributed by atoms with Crippen LogP contribution in [-0.2, 0) is 11.3 Å². The lowest BCUT2D eigenvalue weighted by Gasteiger charge is -2.01. The summed E-state index contributed by atoms with van der Waals surface area (Å²) in [6.45, 7) is 0.232. The zero-order chi connectivity index (χ0) is 17.7. The molecule has 0 fully saturated rings. The number of halogens is 2. The van der Waals surface area contributed by atoms with Crippen molar-refractivity contribution in [2.45, 2.75) is 13.0 Å². The number of rotatable bonds is 5. The van der Waals surface area contributed by atoms with Crippen LogP contribution in [0.25, 0.3) is 17.3 Å². The molecule has 6 nitrogen and oxygen atoms in total. The highest BCUT2D eigenvalue weighted by molar-refractivity contribution is 5.97. The van der Waals surface area contributed by atoms with E-state index in [9.17, 15) is 13.6 Å². The van der Waals surface area contributed by atoms with Gasteiger partial charge in [-0.3, -0.25) is 4.68 Å². The third-order valence-electron chi connectivity index (χ3n) is 3.09. The monoisotopic (exact) mass is 328 g/mol. The molecule has 0 saturated heterocycles. The topological polar surface area (TPSA) is 103 Å². The molecule has 0 aliphatic heterocycles. The molecule has 1 aromatic heterocycles. The number of carboxylic acids is 1. The summed E-state index contributed by atoms with van der Waals surface area (Å²) in [4.78, 5) is 11.0. The van der Waals surface area contributed by atoms with Gasteiger partial charge in [-0.05, 0) is 24.3 Å². The van der Waals surface area contributed by atoms with E-state index in [1.807, 2.05) is 6.07 Å². The fourth-order valence-electron chi connectivity index (χ4n) is 1.99. The predicted octanol–water partition coefficient (Wildman–Crippen LogP) is 2.73. The molecule has 0 atom stereocenters. The van der Waals surface area contributed by atoms with E-state index in [-0.39, 0.29) is 29.8 Å². The summed E-state index contributed by atoms with van der Waals surface area (Å²) in [6, 6.07) is 6.62. The van der Waals surface area contributed by atoms with Crippen LogP contribution in [0.5, 0.6) is 0 Å². The van der Waals surface area contributed by atoms with Gasteiger partial charge in [0.1, 0.15) is 11.6 Å². The molecule has 1 heterocycles. The first-order valence-electron chi connectivity index (χ1n) is 6.71. The lowest BCUT2D eigenvalue weighted by Crippen LogP contribution is -1.97. The van der Waals surface area contributed by atoms with Crippen LogP contribution in [0.1, 0.15) is 12.0 Å². The van der Waals surface area contributed by atoms with E-state index in [2.05, 4.69) is 5.10 Å². The molecule has 1 N–H and O–H groups in total. The standard InChI is InChI=1S/C16H10F2N4O2/c17-13-3-2-10(7-14(13)18)15-12(6-11(8-20)16(23)24)9-22(21-15)5-1-4-19/h2-3,6-7,9H,1,5H2,(H,23,24). The maximum absolute atomic E-state index is 13.4. The lowest BCUT2D eigenvalue weighted by molar-refractivity contribution is -0.132. The van der Waals surface area contributed by atoms with E-state index in [0.29, 0.717) is 0 Å². The van der Waals surface area contributed by atoms with Crippen LogP contribution in [0.15, 0.2) is 30.0 Å². The molecule has 0 spiro atoms. The fourth-order valence-corrected chi connectivity index (χ4v) is 1.99. The molecule has 0 aliphatic carbocycles. The van der Waals surface area contributed by atoms with E-state index in [1.54, 1.807) is 0 Å². The summed E-state index contributed by atoms with van der Waals surface area (Å²) >= 11 is 0. The van der Waals surface area contributed by atoms with E-state index < -0.39 is 23.2 Å². The van der Waals surface area contributed by atoms with E-state index >= 15 is 0 Å². The number of nitrogens with zero attached hydrogens (tertiary/aromatic N) is 4. The number of carbonyl (C=O) groups is 1. The average Bonchev–Trinajstić information content (AvgIpc) is 2.95. The van der Waals surface area contributed by atoms with Gasteiger partial charge >= 0.3 is 5.97 Å². The van der Waals surface area contributed by atoms with Gasteiger partial charge in [0.15, 0.2) is 11.6 Å². The molecule has 0 radical (unpaired) electrons. The van der Waals surface area contributed by atoms with E-state index in [0.717, 1.165) is 18.2 Å². The van der Waals surface area contributed by atoms with Crippen molar-refractivity contribution in [3.63, 3.8) is 0 Å². The molecule has 1 aromatic carbocycles. The molecule has 2 aromatic rings. The minimum absolute atomic E-state index is 0.159. The highest BCUT2D eigenvalue weighted by atomic mass is 19.2. The van der Waals surface area contributed by atoms with Crippen LogP contribution in [0, 0.1) is 34.3 Å². The Morgan fingerprint density at radius 2 is 2.08 bits per heavy atom. The van der Waals surface area contributed by atoms with Crippen LogP contribution in [-0.4, -0.2) is 20.9 Å². The van der Waals surface area contributed by atoms with Gasteiger partial charge in [-0.2, -0.15) is 15.6 Å². The minimum atomic E-state index is -1.42. The van der Waals surface area contributed by atoms with Gasteiger partial charge in [0.2, 0.25) is 0 Å². The second-order valence-electron chi connectivity index (χ2n) is 4.71. The number of benzene rings is 1. The third kappa shape index (κ3) is 3.62. The third-order valence-corrected chi connectivity index (χ3v) is 3.09. The largest absolute Gasteiger partial charge is 0.477 e. The van der Waals surface area contributed by atoms with Crippen molar-refractivity contribution in [2.75, 3.05) is 0 Å². The Kier molecular flexibility index (Phi) is 5.03. The quantitative estimate of drug-likeness (QED) is 0.671. The predicted molar refractivity (Wildman–Crippen MR) is 79.0 cm³/mol. The number of carboxylic acid groups (broad SMARTS) is 1. The molecule has 0 bridgehead atoms. The minimum Gasteiger partial charge on any atom is -0.477 e. The molecule has 0 aliphatic rings. The Bertz CT molecular complexity index is 904. The highest BCUT2D eigenvalue weighted by Crippen LogP contribution is 2.26. The van der Waals surface area contributed by atoms with Crippen molar-refractivity contribution >= 4 is 12.0 Å². The summed E-state index contributed by atoms with van der Waals surface area (Å²) < 4.78 is 27.9. The molecule has 0 amide bonds. The number of aliphatic carboxylic acids is 1. The number of nitriles is 2. The van der Waals surface area contributed by atoms with E-state index in [1.165, 1.54) is 23.0 Å². The van der Waals surface area contributed by atoms with E-state index in [4.69, 9.17) is 15.6 Å². The van der Waals surface area contributed by atoms with Gasteiger partial charge in [-0.15, -0.1) is 0 Å². The number of hydrogen-bond acceptors (Lipinski definition) is 4. The number of hydrogen-bond donors (Lipinski definition) is 1. The Labute approximate surface area is 135 Å².